The van der Waals surface area contributed by atoms with Gasteiger partial charge in [-0.3, -0.25) is 4.79 Å². The van der Waals surface area contributed by atoms with Crippen molar-refractivity contribution >= 4 is 22.9 Å². The molecule has 0 radical (unpaired) electrons. The van der Waals surface area contributed by atoms with Crippen molar-refractivity contribution in [3.05, 3.63) is 30.1 Å². The van der Waals surface area contributed by atoms with Crippen molar-refractivity contribution < 1.29 is 14.7 Å². The maximum Gasteiger partial charge on any atom is 0.335 e. The van der Waals surface area contributed by atoms with Crippen LogP contribution in [0.2, 0.25) is 0 Å². The van der Waals surface area contributed by atoms with Gasteiger partial charge >= 0.3 is 5.97 Å². The predicted octanol–water partition coefficient (Wildman–Crippen LogP) is 1.34. The monoisotopic (exact) mass is 261 g/mol. The van der Waals surface area contributed by atoms with Crippen LogP contribution in [0.5, 0.6) is 0 Å². The van der Waals surface area contributed by atoms with E-state index in [2.05, 4.69) is 4.98 Å². The maximum atomic E-state index is 11.6. The molecule has 0 spiro atoms. The lowest BCUT2D eigenvalue weighted by molar-refractivity contribution is -0.125. The van der Waals surface area contributed by atoms with E-state index in [1.54, 1.807) is 17.6 Å². The predicted molar refractivity (Wildman–Crippen MR) is 69.8 cm³/mol. The summed E-state index contributed by atoms with van der Waals surface area (Å²) in [6, 6.07) is 4.60. The first-order chi connectivity index (χ1) is 8.90. The summed E-state index contributed by atoms with van der Waals surface area (Å²) in [6.45, 7) is 3.60. The number of rotatable bonds is 4. The molecule has 6 heteroatoms. The molecule has 1 unspecified atom stereocenters. The molecule has 19 heavy (non-hydrogen) atoms. The van der Waals surface area contributed by atoms with Gasteiger partial charge in [-0.15, -0.1) is 0 Å². The van der Waals surface area contributed by atoms with Crippen LogP contribution in [0.15, 0.2) is 24.5 Å². The lowest BCUT2D eigenvalue weighted by Gasteiger charge is -2.26. The molecule has 0 aliphatic heterocycles. The van der Waals surface area contributed by atoms with E-state index in [-0.39, 0.29) is 5.56 Å². The van der Waals surface area contributed by atoms with Crippen molar-refractivity contribution in [3.8, 4) is 0 Å². The molecular formula is C13H15N3O3. The zero-order valence-electron chi connectivity index (χ0n) is 10.8. The van der Waals surface area contributed by atoms with Gasteiger partial charge in [0, 0.05) is 0 Å². The number of carboxylic acid groups (broad SMARTS) is 1. The molecule has 0 aliphatic carbocycles. The Morgan fingerprint density at radius 2 is 2.16 bits per heavy atom. The lowest BCUT2D eigenvalue weighted by atomic mass is 9.97. The molecule has 1 aromatic heterocycles. The number of carboxylic acids is 1. The van der Waals surface area contributed by atoms with Gasteiger partial charge in [-0.05, 0) is 31.5 Å². The highest BCUT2D eigenvalue weighted by Gasteiger charge is 2.32. The molecule has 1 aromatic carbocycles. The fourth-order valence-electron chi connectivity index (χ4n) is 2.00. The number of hydrogen-bond donors (Lipinski definition) is 2. The number of benzene rings is 1. The first kappa shape index (κ1) is 13.1. The Bertz CT molecular complexity index is 662. The normalized spacial score (nSPS) is 14.2. The van der Waals surface area contributed by atoms with Crippen molar-refractivity contribution in [1.29, 1.82) is 0 Å². The van der Waals surface area contributed by atoms with Crippen molar-refractivity contribution in [2.45, 2.75) is 25.8 Å². The van der Waals surface area contributed by atoms with Crippen LogP contribution < -0.4 is 5.73 Å². The number of imidazole rings is 1. The van der Waals surface area contributed by atoms with Crippen molar-refractivity contribution in [2.24, 2.45) is 5.73 Å². The Kier molecular flexibility index (Phi) is 3.01. The van der Waals surface area contributed by atoms with Gasteiger partial charge in [0.25, 0.3) is 0 Å². The van der Waals surface area contributed by atoms with E-state index in [4.69, 9.17) is 10.8 Å². The van der Waals surface area contributed by atoms with Crippen LogP contribution in [-0.2, 0) is 10.3 Å². The van der Waals surface area contributed by atoms with Gasteiger partial charge in [0.15, 0.2) is 0 Å². The third-order valence-corrected chi connectivity index (χ3v) is 3.55. The number of carbonyl (C=O) groups excluding carboxylic acids is 1. The summed E-state index contributed by atoms with van der Waals surface area (Å²) in [6.07, 6.45) is 2.04. The summed E-state index contributed by atoms with van der Waals surface area (Å²) in [5.74, 6) is -1.46. The Morgan fingerprint density at radius 1 is 1.47 bits per heavy atom. The molecule has 0 saturated carbocycles. The number of fused-ring (bicyclic) bond motifs is 1. The highest BCUT2D eigenvalue weighted by atomic mass is 16.4. The average molecular weight is 261 g/mol. The average Bonchev–Trinajstić information content (AvgIpc) is 2.80. The van der Waals surface area contributed by atoms with Crippen LogP contribution in [0.4, 0.5) is 0 Å². The second-order valence-electron chi connectivity index (χ2n) is 4.61. The first-order valence-corrected chi connectivity index (χ1v) is 5.91. The summed E-state index contributed by atoms with van der Waals surface area (Å²) < 4.78 is 1.69. The van der Waals surface area contributed by atoms with Crippen LogP contribution in [0, 0.1) is 0 Å². The van der Waals surface area contributed by atoms with E-state index in [0.29, 0.717) is 17.5 Å². The number of amides is 1. The topological polar surface area (TPSA) is 98.2 Å². The minimum atomic E-state index is -1.01. The molecule has 3 N–H and O–H groups in total. The van der Waals surface area contributed by atoms with Gasteiger partial charge in [-0.25, -0.2) is 9.78 Å². The molecule has 1 atom stereocenters. The highest BCUT2D eigenvalue weighted by molar-refractivity contribution is 5.93. The van der Waals surface area contributed by atoms with Crippen LogP contribution in [-0.4, -0.2) is 26.5 Å². The minimum absolute atomic E-state index is 0.162. The Morgan fingerprint density at radius 3 is 2.68 bits per heavy atom. The number of hydrogen-bond acceptors (Lipinski definition) is 3. The standard InChI is InChI=1S/C13H15N3O3/c1-3-13(2,12(14)19)16-7-15-9-6-8(11(17)18)4-5-10(9)16/h4-7H,3H2,1-2H3,(H2,14,19)(H,17,18). The van der Waals surface area contributed by atoms with E-state index >= 15 is 0 Å². The van der Waals surface area contributed by atoms with E-state index in [9.17, 15) is 9.59 Å². The number of aromatic carboxylic acids is 1. The molecule has 6 nitrogen and oxygen atoms in total. The molecule has 2 rings (SSSR count). The van der Waals surface area contributed by atoms with Gasteiger partial charge in [-0.2, -0.15) is 0 Å². The second kappa shape index (κ2) is 4.38. The largest absolute Gasteiger partial charge is 0.478 e. The van der Waals surface area contributed by atoms with Gasteiger partial charge < -0.3 is 15.4 Å². The number of carbonyl (C=O) groups is 2. The van der Waals surface area contributed by atoms with Gasteiger partial charge in [0.1, 0.15) is 5.54 Å². The van der Waals surface area contributed by atoms with E-state index in [0.717, 1.165) is 0 Å². The second-order valence-corrected chi connectivity index (χ2v) is 4.61. The summed E-state index contributed by atoms with van der Waals surface area (Å²) in [5.41, 5.74) is 5.96. The highest BCUT2D eigenvalue weighted by Crippen LogP contribution is 2.26. The maximum absolute atomic E-state index is 11.6. The van der Waals surface area contributed by atoms with E-state index in [1.807, 2.05) is 6.92 Å². The molecule has 2 aromatic rings. The number of nitrogens with two attached hydrogens (primary N) is 1. The smallest absolute Gasteiger partial charge is 0.335 e. The molecule has 0 aliphatic rings. The van der Waals surface area contributed by atoms with E-state index < -0.39 is 17.4 Å². The van der Waals surface area contributed by atoms with Crippen LogP contribution in [0.25, 0.3) is 11.0 Å². The fourth-order valence-corrected chi connectivity index (χ4v) is 2.00. The molecule has 0 fully saturated rings. The third kappa shape index (κ3) is 1.95. The number of primary amides is 1. The molecule has 1 amide bonds. The lowest BCUT2D eigenvalue weighted by Crippen LogP contribution is -2.42. The fraction of sp³-hybridized carbons (Fsp3) is 0.308. The van der Waals surface area contributed by atoms with E-state index in [1.165, 1.54) is 18.5 Å². The molecule has 1 heterocycles. The molecule has 0 saturated heterocycles. The number of aromatic nitrogens is 2. The van der Waals surface area contributed by atoms with Crippen molar-refractivity contribution in [3.63, 3.8) is 0 Å². The molecule has 100 valence electrons. The summed E-state index contributed by atoms with van der Waals surface area (Å²) in [5, 5.41) is 8.94. The van der Waals surface area contributed by atoms with Crippen molar-refractivity contribution in [1.82, 2.24) is 9.55 Å². The Labute approximate surface area is 109 Å². The molecular weight excluding hydrogens is 246 g/mol. The Hall–Kier alpha value is -2.37. The van der Waals surface area contributed by atoms with Crippen LogP contribution >= 0.6 is 0 Å². The van der Waals surface area contributed by atoms with Gasteiger partial charge in [-0.1, -0.05) is 6.92 Å². The van der Waals surface area contributed by atoms with Gasteiger partial charge in [0.2, 0.25) is 5.91 Å². The zero-order valence-corrected chi connectivity index (χ0v) is 10.8. The Balaban J connectivity index is 2.64. The van der Waals surface area contributed by atoms with Gasteiger partial charge in [0.05, 0.1) is 22.9 Å². The number of nitrogens with zero attached hydrogens (tertiary/aromatic N) is 2. The molecule has 0 bridgehead atoms. The van der Waals surface area contributed by atoms with Crippen LogP contribution in [0.1, 0.15) is 30.6 Å². The quantitative estimate of drug-likeness (QED) is 0.867. The summed E-state index contributed by atoms with van der Waals surface area (Å²) in [7, 11) is 0. The summed E-state index contributed by atoms with van der Waals surface area (Å²) >= 11 is 0. The SMILES string of the molecule is CCC(C)(C(N)=O)n1cnc2cc(C(=O)O)ccc21. The zero-order chi connectivity index (χ0) is 14.2. The third-order valence-electron chi connectivity index (χ3n) is 3.55. The minimum Gasteiger partial charge on any atom is -0.478 e. The van der Waals surface area contributed by atoms with Crippen LogP contribution in [0.3, 0.4) is 0 Å². The summed E-state index contributed by atoms with van der Waals surface area (Å²) in [4.78, 5) is 26.7. The van der Waals surface area contributed by atoms with Crippen molar-refractivity contribution in [2.75, 3.05) is 0 Å². The first-order valence-electron chi connectivity index (χ1n) is 5.91.